The summed E-state index contributed by atoms with van der Waals surface area (Å²) in [6.07, 6.45) is 0. The number of carbonyl (C=O) groups excluding carboxylic acids is 3. The predicted octanol–water partition coefficient (Wildman–Crippen LogP) is 0.685. The van der Waals surface area contributed by atoms with Crippen LogP contribution in [0.4, 0.5) is 14.4 Å². The Morgan fingerprint density at radius 2 is 1.06 bits per heavy atom. The SMILES string of the molecule is CC(C)N(C(N)=O)C(=O)N(C(N)=O)C(C)C. The lowest BCUT2D eigenvalue weighted by atomic mass is 10.3. The zero-order chi connectivity index (χ0) is 13.0. The van der Waals surface area contributed by atoms with Gasteiger partial charge in [-0.05, 0) is 27.7 Å². The van der Waals surface area contributed by atoms with Gasteiger partial charge in [0.1, 0.15) is 0 Å². The van der Waals surface area contributed by atoms with Crippen LogP contribution < -0.4 is 11.5 Å². The fourth-order valence-electron chi connectivity index (χ4n) is 1.26. The second kappa shape index (κ2) is 5.34. The Balaban J connectivity index is 5.11. The maximum atomic E-state index is 11.9. The van der Waals surface area contributed by atoms with E-state index in [9.17, 15) is 14.4 Å². The van der Waals surface area contributed by atoms with Gasteiger partial charge in [-0.3, -0.25) is 0 Å². The van der Waals surface area contributed by atoms with Crippen molar-refractivity contribution in [2.45, 2.75) is 39.8 Å². The lowest BCUT2D eigenvalue weighted by molar-refractivity contribution is 0.144. The first-order valence-corrected chi connectivity index (χ1v) is 4.91. The van der Waals surface area contributed by atoms with Gasteiger partial charge in [-0.2, -0.15) is 0 Å². The van der Waals surface area contributed by atoms with Gasteiger partial charge in [0, 0.05) is 12.1 Å². The molecule has 0 heterocycles. The highest BCUT2D eigenvalue weighted by Gasteiger charge is 2.31. The second-order valence-corrected chi connectivity index (χ2v) is 3.89. The Morgan fingerprint density at radius 3 is 1.19 bits per heavy atom. The Bertz CT molecular complexity index is 273. The average molecular weight is 230 g/mol. The van der Waals surface area contributed by atoms with Gasteiger partial charge >= 0.3 is 18.1 Å². The van der Waals surface area contributed by atoms with E-state index in [0.29, 0.717) is 0 Å². The number of imide groups is 2. The second-order valence-electron chi connectivity index (χ2n) is 3.89. The topological polar surface area (TPSA) is 110 Å². The molecule has 7 heteroatoms. The number of carbonyl (C=O) groups is 3. The van der Waals surface area contributed by atoms with Gasteiger partial charge in [0.25, 0.3) is 0 Å². The molecule has 0 fully saturated rings. The van der Waals surface area contributed by atoms with E-state index in [4.69, 9.17) is 11.5 Å². The molecule has 4 N–H and O–H groups in total. The van der Waals surface area contributed by atoms with Gasteiger partial charge < -0.3 is 11.5 Å². The van der Waals surface area contributed by atoms with Crippen LogP contribution in [0, 0.1) is 0 Å². The molecule has 0 aliphatic heterocycles. The molecule has 0 rings (SSSR count). The van der Waals surface area contributed by atoms with Crippen molar-refractivity contribution in [1.29, 1.82) is 0 Å². The lowest BCUT2D eigenvalue weighted by Gasteiger charge is -2.30. The quantitative estimate of drug-likeness (QED) is 0.727. The molecule has 0 radical (unpaired) electrons. The molecule has 0 aromatic heterocycles. The van der Waals surface area contributed by atoms with Crippen LogP contribution in [-0.4, -0.2) is 40.0 Å². The minimum absolute atomic E-state index is 0.439. The first-order chi connectivity index (χ1) is 7.20. The van der Waals surface area contributed by atoms with Crippen molar-refractivity contribution in [3.8, 4) is 0 Å². The fourth-order valence-corrected chi connectivity index (χ4v) is 1.26. The summed E-state index contributed by atoms with van der Waals surface area (Å²) < 4.78 is 0. The van der Waals surface area contributed by atoms with E-state index in [1.807, 2.05) is 0 Å². The summed E-state index contributed by atoms with van der Waals surface area (Å²) in [5, 5.41) is 0. The molecular weight excluding hydrogens is 212 g/mol. The highest BCUT2D eigenvalue weighted by Crippen LogP contribution is 2.08. The van der Waals surface area contributed by atoms with Gasteiger partial charge in [-0.25, -0.2) is 24.2 Å². The largest absolute Gasteiger partial charge is 0.351 e. The van der Waals surface area contributed by atoms with Gasteiger partial charge in [0.05, 0.1) is 0 Å². The monoisotopic (exact) mass is 230 g/mol. The summed E-state index contributed by atoms with van der Waals surface area (Å²) >= 11 is 0. The Morgan fingerprint density at radius 1 is 0.812 bits per heavy atom. The zero-order valence-electron chi connectivity index (χ0n) is 9.93. The van der Waals surface area contributed by atoms with Crippen LogP contribution in [0.25, 0.3) is 0 Å². The summed E-state index contributed by atoms with van der Waals surface area (Å²) in [7, 11) is 0. The van der Waals surface area contributed by atoms with Gasteiger partial charge in [0.2, 0.25) is 0 Å². The van der Waals surface area contributed by atoms with Crippen LogP contribution in [0.3, 0.4) is 0 Å². The van der Waals surface area contributed by atoms with Crippen molar-refractivity contribution in [3.05, 3.63) is 0 Å². The van der Waals surface area contributed by atoms with Gasteiger partial charge in [-0.1, -0.05) is 0 Å². The minimum Gasteiger partial charge on any atom is -0.351 e. The fraction of sp³-hybridized carbons (Fsp3) is 0.667. The molecule has 0 aliphatic carbocycles. The molecule has 0 aliphatic rings. The van der Waals surface area contributed by atoms with Crippen LogP contribution in [0.2, 0.25) is 0 Å². The standard InChI is InChI=1S/C9H18N4O3/c1-5(2)12(7(10)14)9(16)13(6(3)4)8(11)15/h5-6H,1-4H3,(H2,10,14)(H2,11,15). The first kappa shape index (κ1) is 14.2. The molecule has 0 saturated carbocycles. The molecular formula is C9H18N4O3. The van der Waals surface area contributed by atoms with Crippen LogP contribution in [0.15, 0.2) is 0 Å². The number of urea groups is 3. The summed E-state index contributed by atoms with van der Waals surface area (Å²) in [6.45, 7) is 6.45. The third kappa shape index (κ3) is 3.11. The number of primary amides is 2. The van der Waals surface area contributed by atoms with Crippen LogP contribution in [-0.2, 0) is 0 Å². The number of rotatable bonds is 2. The van der Waals surface area contributed by atoms with Crippen molar-refractivity contribution in [2.24, 2.45) is 11.5 Å². The normalized spacial score (nSPS) is 10.4. The maximum Gasteiger partial charge on any atom is 0.336 e. The molecule has 0 aromatic carbocycles. The van der Waals surface area contributed by atoms with Crippen LogP contribution >= 0.6 is 0 Å². The van der Waals surface area contributed by atoms with E-state index < -0.39 is 30.2 Å². The summed E-state index contributed by atoms with van der Waals surface area (Å²) in [5.74, 6) is 0. The van der Waals surface area contributed by atoms with Crippen LogP contribution in [0.5, 0.6) is 0 Å². The Kier molecular flexibility index (Phi) is 4.74. The van der Waals surface area contributed by atoms with Crippen molar-refractivity contribution in [3.63, 3.8) is 0 Å². The molecule has 0 spiro atoms. The van der Waals surface area contributed by atoms with Crippen LogP contribution in [0.1, 0.15) is 27.7 Å². The zero-order valence-corrected chi connectivity index (χ0v) is 9.93. The molecule has 0 unspecified atom stereocenters. The summed E-state index contributed by atoms with van der Waals surface area (Å²) in [6, 6.07) is -3.50. The Labute approximate surface area is 94.3 Å². The Hall–Kier alpha value is -1.79. The highest BCUT2D eigenvalue weighted by molar-refractivity contribution is 6.00. The first-order valence-electron chi connectivity index (χ1n) is 4.91. The van der Waals surface area contributed by atoms with Gasteiger partial charge in [0.15, 0.2) is 0 Å². The van der Waals surface area contributed by atoms with Gasteiger partial charge in [-0.15, -0.1) is 0 Å². The van der Waals surface area contributed by atoms with Crippen molar-refractivity contribution in [1.82, 2.24) is 9.80 Å². The lowest BCUT2D eigenvalue weighted by Crippen LogP contribution is -2.56. The molecule has 7 nitrogen and oxygen atoms in total. The van der Waals surface area contributed by atoms with Crippen molar-refractivity contribution < 1.29 is 14.4 Å². The highest BCUT2D eigenvalue weighted by atomic mass is 16.2. The van der Waals surface area contributed by atoms with E-state index >= 15 is 0 Å². The van der Waals surface area contributed by atoms with E-state index in [2.05, 4.69) is 0 Å². The average Bonchev–Trinajstić information content (AvgIpc) is 1.99. The minimum atomic E-state index is -0.910. The number of nitrogens with zero attached hydrogens (tertiary/aromatic N) is 2. The number of hydrogen-bond acceptors (Lipinski definition) is 3. The smallest absolute Gasteiger partial charge is 0.336 e. The van der Waals surface area contributed by atoms with E-state index in [0.717, 1.165) is 9.80 Å². The number of nitrogens with two attached hydrogens (primary N) is 2. The predicted molar refractivity (Wildman–Crippen MR) is 58.5 cm³/mol. The molecule has 0 saturated heterocycles. The molecule has 0 aromatic rings. The number of amides is 6. The molecule has 0 bridgehead atoms. The van der Waals surface area contributed by atoms with E-state index in [-0.39, 0.29) is 0 Å². The van der Waals surface area contributed by atoms with E-state index in [1.165, 1.54) is 0 Å². The third-order valence-electron chi connectivity index (χ3n) is 1.92. The molecule has 0 atom stereocenters. The van der Waals surface area contributed by atoms with Crippen molar-refractivity contribution in [2.75, 3.05) is 0 Å². The number of hydrogen-bond donors (Lipinski definition) is 2. The van der Waals surface area contributed by atoms with E-state index in [1.54, 1.807) is 27.7 Å². The molecule has 92 valence electrons. The molecule has 16 heavy (non-hydrogen) atoms. The maximum absolute atomic E-state index is 11.9. The summed E-state index contributed by atoms with van der Waals surface area (Å²) in [5.41, 5.74) is 10.1. The van der Waals surface area contributed by atoms with Crippen molar-refractivity contribution >= 4 is 18.1 Å². The molecule has 6 amide bonds. The summed E-state index contributed by atoms with van der Waals surface area (Å²) in [4.78, 5) is 35.6. The third-order valence-corrected chi connectivity index (χ3v) is 1.92.